The van der Waals surface area contributed by atoms with E-state index in [9.17, 15) is 18.8 Å². The Morgan fingerprint density at radius 2 is 1.86 bits per heavy atom. The minimum absolute atomic E-state index is 0.0710. The van der Waals surface area contributed by atoms with Crippen LogP contribution in [0.15, 0.2) is 66.9 Å². The van der Waals surface area contributed by atoms with E-state index < -0.39 is 12.0 Å². The van der Waals surface area contributed by atoms with Crippen molar-refractivity contribution in [3.63, 3.8) is 0 Å². The van der Waals surface area contributed by atoms with Crippen LogP contribution in [0.4, 0.5) is 8.78 Å². The fraction of sp³-hybridized carbons (Fsp3) is 0.296. The molecule has 0 aliphatic heterocycles. The maximum Gasteiger partial charge on any atom is 0.265 e. The lowest BCUT2D eigenvalue weighted by Gasteiger charge is -2.30. The fourth-order valence-corrected chi connectivity index (χ4v) is 3.79. The highest BCUT2D eigenvalue weighted by Gasteiger charge is 2.33. The number of rotatable bonds is 9. The molecule has 1 heterocycles. The van der Waals surface area contributed by atoms with E-state index >= 15 is 0 Å². The van der Waals surface area contributed by atoms with Crippen molar-refractivity contribution in [2.24, 2.45) is 0 Å². The molecular formula is C27H26ClF2N3O2. The second-order valence-corrected chi connectivity index (χ2v) is 9.22. The first-order valence-electron chi connectivity index (χ1n) is 11.1. The molecule has 2 aromatic carbocycles. The molecule has 1 aromatic heterocycles. The van der Waals surface area contributed by atoms with Gasteiger partial charge in [-0.25, -0.2) is 13.8 Å². The number of alkyl halides is 2. The summed E-state index contributed by atoms with van der Waals surface area (Å²) in [5.74, 6) is -0.461. The zero-order valence-electron chi connectivity index (χ0n) is 19.6. The second kappa shape index (κ2) is 11.3. The molecule has 0 aliphatic carbocycles. The number of nitrogens with one attached hydrogen (secondary N) is 1. The van der Waals surface area contributed by atoms with Crippen LogP contribution in [0, 0.1) is 11.3 Å². The second-order valence-electron chi connectivity index (χ2n) is 8.78. The smallest absolute Gasteiger partial charge is 0.265 e. The van der Waals surface area contributed by atoms with Crippen LogP contribution >= 0.6 is 11.6 Å². The summed E-state index contributed by atoms with van der Waals surface area (Å²) in [7, 11) is 0. The van der Waals surface area contributed by atoms with Gasteiger partial charge in [-0.1, -0.05) is 35.9 Å². The summed E-state index contributed by atoms with van der Waals surface area (Å²) >= 11 is 6.03. The molecule has 1 N–H and O–H groups in total. The zero-order chi connectivity index (χ0) is 25.6. The number of nitrogens with zero attached hydrogens (tertiary/aromatic N) is 2. The van der Waals surface area contributed by atoms with Gasteiger partial charge in [0.1, 0.15) is 0 Å². The molecule has 3 aromatic rings. The maximum absolute atomic E-state index is 13.2. The fourth-order valence-electron chi connectivity index (χ4n) is 3.67. The molecule has 182 valence electrons. The molecule has 0 fully saturated rings. The van der Waals surface area contributed by atoms with Gasteiger partial charge in [0.05, 0.1) is 11.6 Å². The van der Waals surface area contributed by atoms with Crippen LogP contribution in [-0.4, -0.2) is 22.5 Å². The van der Waals surface area contributed by atoms with E-state index in [1.54, 1.807) is 19.9 Å². The summed E-state index contributed by atoms with van der Waals surface area (Å²) in [6, 6.07) is 19.1. The third-order valence-corrected chi connectivity index (χ3v) is 5.94. The average molecular weight is 498 g/mol. The van der Waals surface area contributed by atoms with E-state index in [4.69, 9.17) is 16.3 Å². The van der Waals surface area contributed by atoms with E-state index in [1.165, 1.54) is 12.1 Å². The van der Waals surface area contributed by atoms with E-state index in [0.29, 0.717) is 17.0 Å². The number of benzene rings is 2. The van der Waals surface area contributed by atoms with Gasteiger partial charge in [-0.15, -0.1) is 0 Å². The number of halogens is 3. The minimum Gasteiger partial charge on any atom is -0.462 e. The first kappa shape index (κ1) is 26.1. The van der Waals surface area contributed by atoms with Crippen molar-refractivity contribution in [3.05, 3.63) is 94.1 Å². The minimum atomic E-state index is -2.63. The van der Waals surface area contributed by atoms with Gasteiger partial charge in [0.2, 0.25) is 5.88 Å². The molecule has 8 heteroatoms. The summed E-state index contributed by atoms with van der Waals surface area (Å²) in [6.07, 6.45) is -1.00. The molecule has 3 rings (SSSR count). The first-order valence-corrected chi connectivity index (χ1v) is 11.5. The third-order valence-electron chi connectivity index (χ3n) is 5.69. The Morgan fingerprint density at radius 3 is 2.46 bits per heavy atom. The van der Waals surface area contributed by atoms with Gasteiger partial charge in [-0.2, -0.15) is 5.26 Å². The first-order chi connectivity index (χ1) is 16.6. The summed E-state index contributed by atoms with van der Waals surface area (Å²) < 4.78 is 31.3. The largest absolute Gasteiger partial charge is 0.462 e. The number of ether oxygens (including phenoxy) is 1. The van der Waals surface area contributed by atoms with Crippen LogP contribution < -0.4 is 10.1 Å². The van der Waals surface area contributed by atoms with Crippen LogP contribution in [0.5, 0.6) is 5.88 Å². The van der Waals surface area contributed by atoms with Crippen LogP contribution in [0.25, 0.3) is 0 Å². The van der Waals surface area contributed by atoms with E-state index in [2.05, 4.69) is 16.4 Å². The maximum atomic E-state index is 13.2. The van der Waals surface area contributed by atoms with Gasteiger partial charge in [-0.3, -0.25) is 4.79 Å². The molecule has 0 bridgehead atoms. The molecular weight excluding hydrogens is 472 g/mol. The monoisotopic (exact) mass is 497 g/mol. The topological polar surface area (TPSA) is 75.0 Å². The molecule has 0 spiro atoms. The van der Waals surface area contributed by atoms with Crippen LogP contribution in [0.2, 0.25) is 5.02 Å². The van der Waals surface area contributed by atoms with Crippen molar-refractivity contribution in [2.45, 2.75) is 51.2 Å². The van der Waals surface area contributed by atoms with E-state index in [1.807, 2.05) is 49.4 Å². The highest BCUT2D eigenvalue weighted by Crippen LogP contribution is 2.27. The molecule has 0 aliphatic rings. The van der Waals surface area contributed by atoms with Gasteiger partial charge in [0.15, 0.2) is 5.60 Å². The summed E-state index contributed by atoms with van der Waals surface area (Å²) in [5.41, 5.74) is 0.936. The van der Waals surface area contributed by atoms with Crippen LogP contribution in [0.3, 0.4) is 0 Å². The van der Waals surface area contributed by atoms with Crippen LogP contribution in [-0.2, 0) is 11.2 Å². The highest BCUT2D eigenvalue weighted by atomic mass is 35.5. The molecule has 35 heavy (non-hydrogen) atoms. The van der Waals surface area contributed by atoms with Gasteiger partial charge in [0.25, 0.3) is 12.3 Å². The zero-order valence-corrected chi connectivity index (χ0v) is 20.4. The third kappa shape index (κ3) is 7.00. The summed E-state index contributed by atoms with van der Waals surface area (Å²) in [6.45, 7) is 5.06. The van der Waals surface area contributed by atoms with E-state index in [0.717, 1.165) is 17.3 Å². The van der Waals surface area contributed by atoms with Crippen molar-refractivity contribution in [2.75, 3.05) is 0 Å². The number of carbonyl (C=O) groups is 1. The Kier molecular flexibility index (Phi) is 8.42. The van der Waals surface area contributed by atoms with E-state index in [-0.39, 0.29) is 29.3 Å². The number of pyridine rings is 1. The number of nitriles is 1. The van der Waals surface area contributed by atoms with Gasteiger partial charge in [0, 0.05) is 34.8 Å². The number of amides is 1. The Labute approximate surface area is 208 Å². The Hall–Kier alpha value is -3.50. The molecule has 0 unspecified atom stereocenters. The van der Waals surface area contributed by atoms with Crippen molar-refractivity contribution >= 4 is 17.5 Å². The Morgan fingerprint density at radius 1 is 1.14 bits per heavy atom. The Balaban J connectivity index is 1.79. The predicted octanol–water partition coefficient (Wildman–Crippen LogP) is 6.23. The van der Waals surface area contributed by atoms with Crippen molar-refractivity contribution < 1.29 is 18.3 Å². The molecule has 5 nitrogen and oxygen atoms in total. The molecule has 2 atom stereocenters. The van der Waals surface area contributed by atoms with Crippen molar-refractivity contribution in [1.29, 1.82) is 5.26 Å². The Bertz CT molecular complexity index is 1190. The summed E-state index contributed by atoms with van der Waals surface area (Å²) in [4.78, 5) is 17.0. The van der Waals surface area contributed by atoms with Crippen LogP contribution in [0.1, 0.15) is 55.4 Å². The number of hydrogen-bond donors (Lipinski definition) is 1. The normalized spacial score (nSPS) is 13.1. The van der Waals surface area contributed by atoms with Gasteiger partial charge < -0.3 is 10.1 Å². The SMILES string of the molecule is C[C@H](NC(=O)C(C)(C)Oc1ccc(C(F)F)cn1)[C@@H](Cc1ccc(Cl)cc1)c1cccc(C#N)c1. The number of hydrogen-bond acceptors (Lipinski definition) is 4. The predicted molar refractivity (Wildman–Crippen MR) is 131 cm³/mol. The lowest BCUT2D eigenvalue weighted by Crippen LogP contribution is -2.51. The average Bonchev–Trinajstić information content (AvgIpc) is 2.83. The lowest BCUT2D eigenvalue weighted by atomic mass is 9.85. The lowest BCUT2D eigenvalue weighted by molar-refractivity contribution is -0.135. The molecule has 0 saturated carbocycles. The van der Waals surface area contributed by atoms with Crippen molar-refractivity contribution in [3.8, 4) is 11.9 Å². The summed E-state index contributed by atoms with van der Waals surface area (Å²) in [5, 5.41) is 13.0. The number of carbonyl (C=O) groups excluding carboxylic acids is 1. The molecule has 0 radical (unpaired) electrons. The molecule has 0 saturated heterocycles. The van der Waals surface area contributed by atoms with Gasteiger partial charge >= 0.3 is 0 Å². The van der Waals surface area contributed by atoms with Crippen molar-refractivity contribution in [1.82, 2.24) is 10.3 Å². The quantitative estimate of drug-likeness (QED) is 0.380. The standard InChI is InChI=1S/C27H26ClF2N3O2/c1-17(33-26(34)27(2,3)35-24-12-9-21(16-32-24)25(29)30)23(14-18-7-10-22(28)11-8-18)20-6-4-5-19(13-20)15-31/h4-13,16-17,23,25H,14H2,1-3H3,(H,33,34)/t17-,23+/m0/s1. The number of aromatic nitrogens is 1. The molecule has 1 amide bonds. The van der Waals surface area contributed by atoms with Gasteiger partial charge in [-0.05, 0) is 68.7 Å². The highest BCUT2D eigenvalue weighted by molar-refractivity contribution is 6.30.